The van der Waals surface area contributed by atoms with E-state index in [0.717, 1.165) is 25.9 Å². The molecule has 0 amide bonds. The Bertz CT molecular complexity index is 401. The molecule has 3 rings (SSSR count). The summed E-state index contributed by atoms with van der Waals surface area (Å²) in [6.07, 6.45) is 3.51. The van der Waals surface area contributed by atoms with Crippen LogP contribution in [0.3, 0.4) is 0 Å². The van der Waals surface area contributed by atoms with E-state index in [1.807, 2.05) is 0 Å². The van der Waals surface area contributed by atoms with Gasteiger partial charge in [-0.2, -0.15) is 0 Å². The van der Waals surface area contributed by atoms with Crippen LogP contribution >= 0.6 is 0 Å². The minimum absolute atomic E-state index is 0.0541. The van der Waals surface area contributed by atoms with E-state index in [4.69, 9.17) is 14.2 Å². The Labute approximate surface area is 121 Å². The van der Waals surface area contributed by atoms with Crippen LogP contribution in [0.2, 0.25) is 0 Å². The second-order valence-corrected chi connectivity index (χ2v) is 7.22. The maximum atomic E-state index is 12.2. The zero-order chi connectivity index (χ0) is 14.5. The largest absolute Gasteiger partial charge is 0.373 e. The maximum Gasteiger partial charge on any atom is 0.162 e. The van der Waals surface area contributed by atoms with Crippen molar-refractivity contribution >= 4 is 5.78 Å². The fourth-order valence-corrected chi connectivity index (χ4v) is 3.98. The second kappa shape index (κ2) is 4.79. The lowest BCUT2D eigenvalue weighted by Crippen LogP contribution is -2.53. The Morgan fingerprint density at radius 3 is 2.70 bits per heavy atom. The van der Waals surface area contributed by atoms with Gasteiger partial charge in [-0.3, -0.25) is 4.79 Å². The predicted molar refractivity (Wildman–Crippen MR) is 74.6 cm³/mol. The summed E-state index contributed by atoms with van der Waals surface area (Å²) in [4.78, 5) is 12.2. The van der Waals surface area contributed by atoms with Gasteiger partial charge in [0, 0.05) is 13.5 Å². The number of hydrogen-bond acceptors (Lipinski definition) is 4. The van der Waals surface area contributed by atoms with Crippen LogP contribution in [0.15, 0.2) is 0 Å². The second-order valence-electron chi connectivity index (χ2n) is 7.22. The Morgan fingerprint density at radius 1 is 1.45 bits per heavy atom. The van der Waals surface area contributed by atoms with Gasteiger partial charge in [0.25, 0.3) is 0 Å². The van der Waals surface area contributed by atoms with Crippen LogP contribution in [0, 0.1) is 11.8 Å². The fraction of sp³-hybridized carbons (Fsp3) is 0.938. The summed E-state index contributed by atoms with van der Waals surface area (Å²) in [5.74, 6) is 0.942. The average molecular weight is 282 g/mol. The highest BCUT2D eigenvalue weighted by Crippen LogP contribution is 2.58. The van der Waals surface area contributed by atoms with Crippen molar-refractivity contribution in [2.45, 2.75) is 69.9 Å². The van der Waals surface area contributed by atoms with E-state index in [9.17, 15) is 4.79 Å². The number of methoxy groups -OCH3 is 1. The summed E-state index contributed by atoms with van der Waals surface area (Å²) >= 11 is 0. The molecule has 0 aromatic rings. The van der Waals surface area contributed by atoms with Gasteiger partial charge in [-0.15, -0.1) is 0 Å². The average Bonchev–Trinajstić information content (AvgIpc) is 3.29. The molecule has 4 nitrogen and oxygen atoms in total. The SMILES string of the molecule is CO[C@@H]1C(=O)CC[C@]2(CO2)[C@H]1C1(C)O[C@@H]1CCC(C)C. The van der Waals surface area contributed by atoms with Crippen molar-refractivity contribution < 1.29 is 19.0 Å². The van der Waals surface area contributed by atoms with Gasteiger partial charge < -0.3 is 14.2 Å². The molecule has 20 heavy (non-hydrogen) atoms. The van der Waals surface area contributed by atoms with Crippen LogP contribution in [0.5, 0.6) is 0 Å². The number of ether oxygens (including phenoxy) is 3. The van der Waals surface area contributed by atoms with E-state index in [0.29, 0.717) is 12.3 Å². The Kier molecular flexibility index (Phi) is 3.47. The number of Topliss-reactive ketones (excluding diaryl/α,β-unsaturated/α-hetero) is 1. The summed E-state index contributed by atoms with van der Waals surface area (Å²) in [6.45, 7) is 7.35. The first kappa shape index (κ1) is 14.5. The van der Waals surface area contributed by atoms with Gasteiger partial charge in [0.2, 0.25) is 0 Å². The Morgan fingerprint density at radius 2 is 2.15 bits per heavy atom. The first-order valence-electron chi connectivity index (χ1n) is 7.80. The third kappa shape index (κ3) is 2.22. The molecule has 0 aromatic heterocycles. The van der Waals surface area contributed by atoms with E-state index in [1.54, 1.807) is 7.11 Å². The topological polar surface area (TPSA) is 51.4 Å². The van der Waals surface area contributed by atoms with E-state index >= 15 is 0 Å². The van der Waals surface area contributed by atoms with Crippen molar-refractivity contribution in [2.24, 2.45) is 11.8 Å². The molecule has 2 heterocycles. The third-order valence-electron chi connectivity index (χ3n) is 5.35. The number of epoxide rings is 2. The lowest BCUT2D eigenvalue weighted by atomic mass is 9.68. The molecule has 0 N–H and O–H groups in total. The van der Waals surface area contributed by atoms with Gasteiger partial charge in [0.05, 0.1) is 18.6 Å². The zero-order valence-electron chi connectivity index (χ0n) is 13.0. The molecular weight excluding hydrogens is 256 g/mol. The third-order valence-corrected chi connectivity index (χ3v) is 5.35. The number of carbonyl (C=O) groups excluding carboxylic acids is 1. The molecule has 3 fully saturated rings. The molecule has 2 aliphatic heterocycles. The molecular formula is C16H26O4. The summed E-state index contributed by atoms with van der Waals surface area (Å²) in [6, 6.07) is 0. The van der Waals surface area contributed by atoms with E-state index in [1.165, 1.54) is 0 Å². The molecule has 1 spiro atoms. The molecule has 114 valence electrons. The maximum absolute atomic E-state index is 12.2. The number of ketones is 1. The van der Waals surface area contributed by atoms with E-state index in [-0.39, 0.29) is 35.1 Å². The number of carbonyl (C=O) groups is 1. The number of rotatable bonds is 5. The number of hydrogen-bond donors (Lipinski definition) is 0. The van der Waals surface area contributed by atoms with Crippen LogP contribution in [0.4, 0.5) is 0 Å². The van der Waals surface area contributed by atoms with Crippen LogP contribution < -0.4 is 0 Å². The predicted octanol–water partition coefficient (Wildman–Crippen LogP) is 2.34. The molecule has 1 aliphatic carbocycles. The van der Waals surface area contributed by atoms with Gasteiger partial charge in [0.1, 0.15) is 17.3 Å². The smallest absolute Gasteiger partial charge is 0.162 e. The van der Waals surface area contributed by atoms with Gasteiger partial charge in [-0.05, 0) is 32.1 Å². The molecule has 4 heteroatoms. The summed E-state index contributed by atoms with van der Waals surface area (Å²) in [5, 5.41) is 0. The molecule has 1 unspecified atom stereocenters. The van der Waals surface area contributed by atoms with E-state index < -0.39 is 0 Å². The van der Waals surface area contributed by atoms with Crippen LogP contribution in [-0.2, 0) is 19.0 Å². The minimum Gasteiger partial charge on any atom is -0.373 e. The quantitative estimate of drug-likeness (QED) is 0.726. The minimum atomic E-state index is -0.361. The van der Waals surface area contributed by atoms with Crippen LogP contribution in [0.25, 0.3) is 0 Å². The highest BCUT2D eigenvalue weighted by Gasteiger charge is 2.71. The summed E-state index contributed by atoms with van der Waals surface area (Å²) in [5.41, 5.74) is -0.405. The zero-order valence-corrected chi connectivity index (χ0v) is 13.0. The van der Waals surface area contributed by atoms with Gasteiger partial charge in [0.15, 0.2) is 5.78 Å². The molecule has 0 radical (unpaired) electrons. The molecule has 3 aliphatic rings. The van der Waals surface area contributed by atoms with Gasteiger partial charge >= 0.3 is 0 Å². The molecule has 1 saturated carbocycles. The van der Waals surface area contributed by atoms with E-state index in [2.05, 4.69) is 20.8 Å². The van der Waals surface area contributed by atoms with Crippen molar-refractivity contribution in [3.8, 4) is 0 Å². The van der Waals surface area contributed by atoms with Gasteiger partial charge in [-0.25, -0.2) is 0 Å². The Balaban J connectivity index is 1.75. The van der Waals surface area contributed by atoms with Gasteiger partial charge in [-0.1, -0.05) is 13.8 Å². The van der Waals surface area contributed by atoms with Crippen LogP contribution in [0.1, 0.15) is 46.5 Å². The van der Waals surface area contributed by atoms with Crippen molar-refractivity contribution in [1.82, 2.24) is 0 Å². The van der Waals surface area contributed by atoms with Crippen molar-refractivity contribution in [3.05, 3.63) is 0 Å². The van der Waals surface area contributed by atoms with Crippen molar-refractivity contribution in [3.63, 3.8) is 0 Å². The lowest BCUT2D eigenvalue weighted by molar-refractivity contribution is -0.142. The summed E-state index contributed by atoms with van der Waals surface area (Å²) < 4.78 is 17.3. The molecule has 0 bridgehead atoms. The summed E-state index contributed by atoms with van der Waals surface area (Å²) in [7, 11) is 1.63. The van der Waals surface area contributed by atoms with Crippen molar-refractivity contribution in [2.75, 3.05) is 13.7 Å². The lowest BCUT2D eigenvalue weighted by Gasteiger charge is -2.37. The molecule has 2 saturated heterocycles. The first-order valence-corrected chi connectivity index (χ1v) is 7.80. The van der Waals surface area contributed by atoms with Crippen LogP contribution in [-0.4, -0.2) is 42.9 Å². The fourth-order valence-electron chi connectivity index (χ4n) is 3.98. The van der Waals surface area contributed by atoms with Crippen molar-refractivity contribution in [1.29, 1.82) is 0 Å². The normalized spacial score (nSPS) is 47.0. The monoisotopic (exact) mass is 282 g/mol. The first-order chi connectivity index (χ1) is 9.43. The standard InChI is InChI=1S/C16H26O4/c1-10(2)5-6-12-15(3,20-12)14-13(18-4)11(17)7-8-16(14)9-19-16/h10,12-14H,5-9H2,1-4H3/t12-,13-,14-,15?,16+/m1/s1. The molecule has 5 atom stereocenters. The highest BCUT2D eigenvalue weighted by atomic mass is 16.6. The Hall–Kier alpha value is -0.450. The molecule has 0 aromatic carbocycles. The highest BCUT2D eigenvalue weighted by molar-refractivity contribution is 5.85.